The van der Waals surface area contributed by atoms with E-state index in [0.717, 1.165) is 5.56 Å². The molecule has 2 aromatic heterocycles. The zero-order chi connectivity index (χ0) is 13.8. The third-order valence-electron chi connectivity index (χ3n) is 2.46. The van der Waals surface area contributed by atoms with E-state index in [1.165, 1.54) is 0 Å². The van der Waals surface area contributed by atoms with E-state index in [9.17, 15) is 17.6 Å². The minimum absolute atomic E-state index is 0.112. The van der Waals surface area contributed by atoms with Crippen molar-refractivity contribution >= 4 is 5.69 Å². The SMILES string of the molecule is Fc1nc(F)c(F)c(NCCc2ccncc2)c1F. The van der Waals surface area contributed by atoms with E-state index in [0.29, 0.717) is 6.42 Å². The number of nitrogens with one attached hydrogen (secondary N) is 1. The second kappa shape index (κ2) is 5.64. The average molecular weight is 271 g/mol. The first-order valence-corrected chi connectivity index (χ1v) is 5.42. The van der Waals surface area contributed by atoms with Crippen molar-refractivity contribution < 1.29 is 17.6 Å². The lowest BCUT2D eigenvalue weighted by Crippen LogP contribution is -2.12. The van der Waals surface area contributed by atoms with Crippen LogP contribution in [0.5, 0.6) is 0 Å². The normalized spacial score (nSPS) is 10.5. The number of nitrogens with zero attached hydrogens (tertiary/aromatic N) is 2. The first-order valence-electron chi connectivity index (χ1n) is 5.42. The van der Waals surface area contributed by atoms with Crippen molar-refractivity contribution in [2.75, 3.05) is 11.9 Å². The van der Waals surface area contributed by atoms with E-state index in [1.807, 2.05) is 0 Å². The first-order chi connectivity index (χ1) is 9.09. The number of aromatic nitrogens is 2. The van der Waals surface area contributed by atoms with Gasteiger partial charge in [-0.2, -0.15) is 22.5 Å². The fourth-order valence-corrected chi connectivity index (χ4v) is 1.52. The van der Waals surface area contributed by atoms with Crippen LogP contribution in [0.2, 0.25) is 0 Å². The smallest absolute Gasteiger partial charge is 0.253 e. The van der Waals surface area contributed by atoms with Crippen molar-refractivity contribution in [2.45, 2.75) is 6.42 Å². The Kier molecular flexibility index (Phi) is 3.94. The van der Waals surface area contributed by atoms with Gasteiger partial charge in [0.05, 0.1) is 0 Å². The predicted molar refractivity (Wildman–Crippen MR) is 60.5 cm³/mol. The van der Waals surface area contributed by atoms with Crippen LogP contribution in [0.25, 0.3) is 0 Å². The minimum atomic E-state index is -1.68. The Morgan fingerprint density at radius 1 is 0.947 bits per heavy atom. The molecule has 0 spiro atoms. The van der Waals surface area contributed by atoms with E-state index in [2.05, 4.69) is 15.3 Å². The lowest BCUT2D eigenvalue weighted by molar-refractivity contribution is 0.410. The highest BCUT2D eigenvalue weighted by Gasteiger charge is 2.20. The summed E-state index contributed by atoms with van der Waals surface area (Å²) in [6, 6.07) is 3.45. The summed E-state index contributed by atoms with van der Waals surface area (Å²) in [4.78, 5) is 6.28. The molecule has 0 aliphatic heterocycles. The number of halogens is 4. The van der Waals surface area contributed by atoms with Crippen molar-refractivity contribution in [3.63, 3.8) is 0 Å². The van der Waals surface area contributed by atoms with Crippen molar-refractivity contribution in [1.82, 2.24) is 9.97 Å². The average Bonchev–Trinajstić information content (AvgIpc) is 2.42. The molecule has 19 heavy (non-hydrogen) atoms. The van der Waals surface area contributed by atoms with Crippen LogP contribution in [0.4, 0.5) is 23.2 Å². The number of rotatable bonds is 4. The van der Waals surface area contributed by atoms with Gasteiger partial charge in [0.2, 0.25) is 11.6 Å². The minimum Gasteiger partial charge on any atom is -0.380 e. The third kappa shape index (κ3) is 2.98. The van der Waals surface area contributed by atoms with Crippen molar-refractivity contribution in [2.24, 2.45) is 0 Å². The topological polar surface area (TPSA) is 37.8 Å². The maximum Gasteiger partial charge on any atom is 0.253 e. The summed E-state index contributed by atoms with van der Waals surface area (Å²) in [5, 5.41) is 2.32. The highest BCUT2D eigenvalue weighted by molar-refractivity contribution is 5.45. The predicted octanol–water partition coefficient (Wildman–Crippen LogP) is 2.69. The van der Waals surface area contributed by atoms with Gasteiger partial charge in [0, 0.05) is 18.9 Å². The van der Waals surface area contributed by atoms with E-state index in [4.69, 9.17) is 0 Å². The van der Waals surface area contributed by atoms with E-state index < -0.39 is 29.2 Å². The number of hydrogen-bond acceptors (Lipinski definition) is 3. The molecular weight excluding hydrogens is 262 g/mol. The molecule has 2 aromatic rings. The standard InChI is InChI=1S/C12H9F4N3/c13-8-10(9(14)12(16)19-11(8)15)18-6-3-7-1-4-17-5-2-7/h1-2,4-5H,3,6H2,(H,18,19). The maximum atomic E-state index is 13.3. The van der Waals surface area contributed by atoms with Crippen molar-refractivity contribution in [1.29, 1.82) is 0 Å². The molecule has 0 aliphatic carbocycles. The Balaban J connectivity index is 2.08. The van der Waals surface area contributed by atoms with Gasteiger partial charge in [-0.3, -0.25) is 4.98 Å². The van der Waals surface area contributed by atoms with Gasteiger partial charge < -0.3 is 5.32 Å². The third-order valence-corrected chi connectivity index (χ3v) is 2.46. The molecule has 0 bridgehead atoms. The summed E-state index contributed by atoms with van der Waals surface area (Å²) < 4.78 is 52.2. The maximum absolute atomic E-state index is 13.3. The molecule has 100 valence electrons. The zero-order valence-electron chi connectivity index (χ0n) is 9.63. The molecule has 0 atom stereocenters. The van der Waals surface area contributed by atoms with Crippen LogP contribution in [-0.2, 0) is 6.42 Å². The molecule has 0 saturated heterocycles. The number of hydrogen-bond donors (Lipinski definition) is 1. The van der Waals surface area contributed by atoms with Crippen LogP contribution < -0.4 is 5.32 Å². The van der Waals surface area contributed by atoms with Crippen LogP contribution in [0.15, 0.2) is 24.5 Å². The Hall–Kier alpha value is -2.18. The van der Waals surface area contributed by atoms with Crippen LogP contribution in [0.3, 0.4) is 0 Å². The highest BCUT2D eigenvalue weighted by Crippen LogP contribution is 2.21. The van der Waals surface area contributed by atoms with Crippen molar-refractivity contribution in [3.8, 4) is 0 Å². The van der Waals surface area contributed by atoms with Gasteiger partial charge in [0.1, 0.15) is 5.69 Å². The van der Waals surface area contributed by atoms with E-state index in [-0.39, 0.29) is 6.54 Å². The molecule has 0 fully saturated rings. The van der Waals surface area contributed by atoms with Crippen LogP contribution in [-0.4, -0.2) is 16.5 Å². The molecule has 2 rings (SSSR count). The fourth-order valence-electron chi connectivity index (χ4n) is 1.52. The van der Waals surface area contributed by atoms with Gasteiger partial charge in [0.25, 0.3) is 11.9 Å². The Morgan fingerprint density at radius 3 is 2.11 bits per heavy atom. The summed E-state index contributed by atoms with van der Waals surface area (Å²) in [5.41, 5.74) is 0.0253. The Morgan fingerprint density at radius 2 is 1.53 bits per heavy atom. The number of anilines is 1. The lowest BCUT2D eigenvalue weighted by atomic mass is 10.2. The van der Waals surface area contributed by atoms with Gasteiger partial charge in [-0.25, -0.2) is 0 Å². The Labute approximate surface area is 106 Å². The van der Waals surface area contributed by atoms with Crippen LogP contribution >= 0.6 is 0 Å². The van der Waals surface area contributed by atoms with E-state index >= 15 is 0 Å². The van der Waals surface area contributed by atoms with Crippen molar-refractivity contribution in [3.05, 3.63) is 53.6 Å². The quantitative estimate of drug-likeness (QED) is 0.686. The summed E-state index contributed by atoms with van der Waals surface area (Å²) in [6.45, 7) is 0.112. The van der Waals surface area contributed by atoms with Gasteiger partial charge in [-0.05, 0) is 24.1 Å². The largest absolute Gasteiger partial charge is 0.380 e. The lowest BCUT2D eigenvalue weighted by Gasteiger charge is -2.09. The summed E-state index contributed by atoms with van der Waals surface area (Å²) in [5.74, 6) is -6.42. The molecule has 1 N–H and O–H groups in total. The number of pyridine rings is 2. The summed E-state index contributed by atoms with van der Waals surface area (Å²) >= 11 is 0. The Bertz CT molecular complexity index is 549. The van der Waals surface area contributed by atoms with Crippen LogP contribution in [0, 0.1) is 23.5 Å². The summed E-state index contributed by atoms with van der Waals surface area (Å²) in [7, 11) is 0. The van der Waals surface area contributed by atoms with Gasteiger partial charge in [0.15, 0.2) is 0 Å². The second-order valence-electron chi connectivity index (χ2n) is 3.73. The van der Waals surface area contributed by atoms with Crippen LogP contribution in [0.1, 0.15) is 5.56 Å². The zero-order valence-corrected chi connectivity index (χ0v) is 9.63. The van der Waals surface area contributed by atoms with Gasteiger partial charge in [-0.1, -0.05) is 0 Å². The molecule has 7 heteroatoms. The van der Waals surface area contributed by atoms with Gasteiger partial charge in [-0.15, -0.1) is 0 Å². The monoisotopic (exact) mass is 271 g/mol. The molecule has 0 aliphatic rings. The molecule has 0 amide bonds. The molecule has 3 nitrogen and oxygen atoms in total. The molecular formula is C12H9F4N3. The first kappa shape index (κ1) is 13.3. The highest BCUT2D eigenvalue weighted by atomic mass is 19.2. The second-order valence-corrected chi connectivity index (χ2v) is 3.73. The molecule has 0 saturated carbocycles. The van der Waals surface area contributed by atoms with E-state index in [1.54, 1.807) is 24.5 Å². The fraction of sp³-hybridized carbons (Fsp3) is 0.167. The molecule has 0 radical (unpaired) electrons. The summed E-state index contributed by atoms with van der Waals surface area (Å²) in [6.07, 6.45) is 3.57. The van der Waals surface area contributed by atoms with Gasteiger partial charge >= 0.3 is 0 Å². The molecule has 0 unspecified atom stereocenters. The molecule has 0 aromatic carbocycles. The molecule has 2 heterocycles.